The molecule has 184 valence electrons. The molecule has 1 aliphatic carbocycles. The minimum Gasteiger partial charge on any atom is -0.497 e. The third-order valence-corrected chi connectivity index (χ3v) is 8.63. The number of rotatable bonds is 7. The van der Waals surface area contributed by atoms with E-state index in [2.05, 4.69) is 42.8 Å². The number of hydrogen-bond acceptors (Lipinski definition) is 6. The lowest BCUT2D eigenvalue weighted by Crippen LogP contribution is -2.49. The maximum Gasteiger partial charge on any atom is 0.233 e. The minimum atomic E-state index is -0.418. The molecule has 8 heteroatoms. The fraction of sp³-hybridized carbons (Fsp3) is 0.481. The maximum absolute atomic E-state index is 14.0. The monoisotopic (exact) mass is 491 g/mol. The molecule has 0 spiro atoms. The number of methoxy groups -OCH3 is 1. The third kappa shape index (κ3) is 4.81. The fourth-order valence-electron chi connectivity index (χ4n) is 5.63. The van der Waals surface area contributed by atoms with Gasteiger partial charge in [-0.3, -0.25) is 9.78 Å². The lowest BCUT2D eigenvalue weighted by molar-refractivity contribution is -0.138. The molecule has 1 atom stereocenters. The Bertz CT molecular complexity index is 1140. The van der Waals surface area contributed by atoms with Crippen LogP contribution in [0.3, 0.4) is 0 Å². The second-order valence-electron chi connectivity index (χ2n) is 9.66. The largest absolute Gasteiger partial charge is 0.497 e. The van der Waals surface area contributed by atoms with Crippen LogP contribution >= 0.6 is 11.8 Å². The zero-order valence-electron chi connectivity index (χ0n) is 20.5. The van der Waals surface area contributed by atoms with Gasteiger partial charge in [-0.2, -0.15) is 0 Å². The highest BCUT2D eigenvalue weighted by Gasteiger charge is 2.46. The second-order valence-corrected chi connectivity index (χ2v) is 10.6. The van der Waals surface area contributed by atoms with Gasteiger partial charge in [0.15, 0.2) is 5.16 Å². The van der Waals surface area contributed by atoms with Gasteiger partial charge in [0.25, 0.3) is 0 Å². The number of carbonyl (C=O) groups is 1. The van der Waals surface area contributed by atoms with Crippen LogP contribution in [0, 0.1) is 0 Å². The standard InChI is InChI=1S/C27H33N5O2S/c1-31-24(29-30-26(31)35-19-20-7-5-15-28-17-20)21-8-6-16-32(18-21)25(33)27(13-3-4-14-27)22-9-11-23(34-2)12-10-22/h5,7,9-12,15,17,21H,3-4,6,8,13-14,16,18-19H2,1-2H3. The van der Waals surface area contributed by atoms with Crippen molar-refractivity contribution in [2.45, 2.75) is 60.8 Å². The van der Waals surface area contributed by atoms with E-state index < -0.39 is 5.41 Å². The summed E-state index contributed by atoms with van der Waals surface area (Å²) in [6, 6.07) is 12.1. The van der Waals surface area contributed by atoms with Crippen molar-refractivity contribution in [3.8, 4) is 5.75 Å². The van der Waals surface area contributed by atoms with E-state index in [4.69, 9.17) is 4.74 Å². The van der Waals surface area contributed by atoms with Crippen LogP contribution in [0.5, 0.6) is 5.75 Å². The summed E-state index contributed by atoms with van der Waals surface area (Å²) in [7, 11) is 3.71. The van der Waals surface area contributed by atoms with Crippen molar-refractivity contribution < 1.29 is 9.53 Å². The zero-order chi connectivity index (χ0) is 24.3. The number of pyridine rings is 1. The van der Waals surface area contributed by atoms with Crippen molar-refractivity contribution in [1.82, 2.24) is 24.6 Å². The number of benzene rings is 1. The Morgan fingerprint density at radius 3 is 2.66 bits per heavy atom. The maximum atomic E-state index is 14.0. The molecule has 2 fully saturated rings. The molecule has 35 heavy (non-hydrogen) atoms. The van der Waals surface area contributed by atoms with E-state index in [9.17, 15) is 4.79 Å². The molecule has 1 saturated carbocycles. The molecule has 1 amide bonds. The van der Waals surface area contributed by atoms with Gasteiger partial charge >= 0.3 is 0 Å². The molecular weight excluding hydrogens is 458 g/mol. The Kier molecular flexibility index (Phi) is 7.09. The summed E-state index contributed by atoms with van der Waals surface area (Å²) >= 11 is 1.67. The molecule has 0 N–H and O–H groups in total. The molecule has 1 aliphatic heterocycles. The van der Waals surface area contributed by atoms with Gasteiger partial charge in [-0.1, -0.05) is 42.8 Å². The van der Waals surface area contributed by atoms with E-state index in [1.54, 1.807) is 25.1 Å². The first-order chi connectivity index (χ1) is 17.1. The van der Waals surface area contributed by atoms with E-state index in [0.29, 0.717) is 6.54 Å². The second kappa shape index (κ2) is 10.4. The molecule has 1 aromatic carbocycles. The average molecular weight is 492 g/mol. The highest BCUT2D eigenvalue weighted by Crippen LogP contribution is 2.44. The van der Waals surface area contributed by atoms with Gasteiger partial charge in [0.05, 0.1) is 12.5 Å². The van der Waals surface area contributed by atoms with Crippen LogP contribution in [0.2, 0.25) is 0 Å². The van der Waals surface area contributed by atoms with Crippen LogP contribution in [0.4, 0.5) is 0 Å². The highest BCUT2D eigenvalue weighted by atomic mass is 32.2. The predicted octanol–water partition coefficient (Wildman–Crippen LogP) is 4.73. The Morgan fingerprint density at radius 2 is 1.94 bits per heavy atom. The number of ether oxygens (including phenoxy) is 1. The summed E-state index contributed by atoms with van der Waals surface area (Å²) in [6.45, 7) is 1.52. The van der Waals surface area contributed by atoms with Gasteiger partial charge in [-0.05, 0) is 55.0 Å². The molecule has 2 aliphatic rings. The number of piperidine rings is 1. The first kappa shape index (κ1) is 23.9. The molecule has 0 bridgehead atoms. The van der Waals surface area contributed by atoms with Crippen LogP contribution in [0.15, 0.2) is 53.9 Å². The SMILES string of the molecule is COc1ccc(C2(C(=O)N3CCCC(c4nnc(SCc5cccnc5)n4C)C3)CCCC2)cc1. The molecule has 5 rings (SSSR count). The molecule has 3 aromatic rings. The number of carbonyl (C=O) groups excluding carboxylic acids is 1. The Morgan fingerprint density at radius 1 is 1.14 bits per heavy atom. The summed E-state index contributed by atoms with van der Waals surface area (Å²) < 4.78 is 7.45. The molecule has 1 unspecified atom stereocenters. The quantitative estimate of drug-likeness (QED) is 0.445. The minimum absolute atomic E-state index is 0.201. The lowest BCUT2D eigenvalue weighted by Gasteiger charge is -2.39. The molecule has 7 nitrogen and oxygen atoms in total. The van der Waals surface area contributed by atoms with Crippen molar-refractivity contribution >= 4 is 17.7 Å². The lowest BCUT2D eigenvalue weighted by atomic mass is 9.77. The first-order valence-corrected chi connectivity index (χ1v) is 13.4. The molecule has 1 saturated heterocycles. The Hall–Kier alpha value is -2.87. The van der Waals surface area contributed by atoms with E-state index in [-0.39, 0.29) is 11.8 Å². The van der Waals surface area contributed by atoms with Crippen LogP contribution < -0.4 is 4.74 Å². The van der Waals surface area contributed by atoms with Crippen molar-refractivity contribution in [2.75, 3.05) is 20.2 Å². The summed E-state index contributed by atoms with van der Waals surface area (Å²) in [6.07, 6.45) is 9.70. The molecule has 3 heterocycles. The van der Waals surface area contributed by atoms with Gasteiger partial charge < -0.3 is 14.2 Å². The molecular formula is C27H33N5O2S. The molecule has 2 aromatic heterocycles. The van der Waals surface area contributed by atoms with Crippen molar-refractivity contribution in [3.05, 3.63) is 65.7 Å². The normalized spacial score (nSPS) is 19.6. The van der Waals surface area contributed by atoms with Crippen LogP contribution in [0.1, 0.15) is 61.4 Å². The summed E-state index contributed by atoms with van der Waals surface area (Å²) in [5.41, 5.74) is 1.87. The number of likely N-dealkylation sites (tertiary alicyclic amines) is 1. The van der Waals surface area contributed by atoms with Crippen LogP contribution in [-0.2, 0) is 23.0 Å². The Labute approximate surface area is 211 Å². The van der Waals surface area contributed by atoms with Crippen LogP contribution in [0.25, 0.3) is 0 Å². The van der Waals surface area contributed by atoms with Gasteiger partial charge in [-0.15, -0.1) is 10.2 Å². The molecule has 0 radical (unpaired) electrons. The van der Waals surface area contributed by atoms with Gasteiger partial charge in [0.1, 0.15) is 11.6 Å². The van der Waals surface area contributed by atoms with E-state index in [0.717, 1.165) is 78.7 Å². The predicted molar refractivity (Wildman–Crippen MR) is 136 cm³/mol. The van der Waals surface area contributed by atoms with E-state index >= 15 is 0 Å². The van der Waals surface area contributed by atoms with Gasteiger partial charge in [0.2, 0.25) is 5.91 Å². The van der Waals surface area contributed by atoms with Crippen molar-refractivity contribution in [2.24, 2.45) is 7.05 Å². The topological polar surface area (TPSA) is 73.1 Å². The fourth-order valence-corrected chi connectivity index (χ4v) is 6.48. The average Bonchev–Trinajstić information content (AvgIpc) is 3.55. The van der Waals surface area contributed by atoms with Crippen LogP contribution in [-0.4, -0.2) is 50.8 Å². The van der Waals surface area contributed by atoms with E-state index in [1.165, 1.54) is 0 Å². The summed E-state index contributed by atoms with van der Waals surface area (Å²) in [5, 5.41) is 9.93. The number of nitrogens with zero attached hydrogens (tertiary/aromatic N) is 5. The zero-order valence-corrected chi connectivity index (χ0v) is 21.3. The number of thioether (sulfide) groups is 1. The first-order valence-electron chi connectivity index (χ1n) is 12.5. The van der Waals surface area contributed by atoms with Gasteiger partial charge in [0, 0.05) is 44.2 Å². The highest BCUT2D eigenvalue weighted by molar-refractivity contribution is 7.98. The summed E-state index contributed by atoms with van der Waals surface area (Å²) in [5.74, 6) is 3.08. The van der Waals surface area contributed by atoms with Crippen molar-refractivity contribution in [1.29, 1.82) is 0 Å². The third-order valence-electron chi connectivity index (χ3n) is 7.54. The summed E-state index contributed by atoms with van der Waals surface area (Å²) in [4.78, 5) is 20.3. The van der Waals surface area contributed by atoms with Gasteiger partial charge in [-0.25, -0.2) is 0 Å². The number of hydrogen-bond donors (Lipinski definition) is 0. The van der Waals surface area contributed by atoms with Crippen molar-refractivity contribution in [3.63, 3.8) is 0 Å². The smallest absolute Gasteiger partial charge is 0.233 e. The van der Waals surface area contributed by atoms with E-state index in [1.807, 2.05) is 31.4 Å². The number of aromatic nitrogens is 4. The number of amides is 1. The Balaban J connectivity index is 1.31.